The number of likely N-dealkylation sites (N-methyl/N-ethyl adjacent to an activating group) is 1. The maximum absolute atomic E-state index is 12.5. The normalized spacial score (nSPS) is 11.6. The van der Waals surface area contributed by atoms with Gasteiger partial charge >= 0.3 is 6.09 Å². The van der Waals surface area contributed by atoms with Gasteiger partial charge in [0.1, 0.15) is 17.5 Å². The molecule has 0 aliphatic rings. The molecule has 0 spiro atoms. The Bertz CT molecular complexity index is 1360. The Kier molecular flexibility index (Phi) is 11.0. The minimum atomic E-state index is -0.655. The van der Waals surface area contributed by atoms with E-state index in [-0.39, 0.29) is 5.91 Å². The van der Waals surface area contributed by atoms with Gasteiger partial charge in [-0.3, -0.25) is 9.69 Å². The van der Waals surface area contributed by atoms with Gasteiger partial charge in [0.05, 0.1) is 29.8 Å². The molecule has 0 saturated carbocycles. The molecule has 218 valence electrons. The summed E-state index contributed by atoms with van der Waals surface area (Å²) in [5, 5.41) is 17.7. The Labute approximate surface area is 241 Å². The van der Waals surface area contributed by atoms with Crippen molar-refractivity contribution in [3.05, 3.63) is 48.4 Å². The molecule has 12 nitrogen and oxygen atoms in total. The average molecular weight is 562 g/mol. The van der Waals surface area contributed by atoms with Crippen molar-refractivity contribution in [2.75, 3.05) is 30.8 Å². The lowest BCUT2D eigenvalue weighted by Gasteiger charge is -2.28. The molecule has 41 heavy (non-hydrogen) atoms. The molecule has 0 saturated heterocycles. The lowest BCUT2D eigenvalue weighted by molar-refractivity contribution is -0.125. The van der Waals surface area contributed by atoms with Crippen LogP contribution in [0.4, 0.5) is 22.2 Å². The maximum atomic E-state index is 12.5. The Morgan fingerprint density at radius 2 is 1.93 bits per heavy atom. The van der Waals surface area contributed by atoms with Crippen LogP contribution in [0, 0.1) is 11.8 Å². The first-order valence-electron chi connectivity index (χ1n) is 13.6. The highest BCUT2D eigenvalue weighted by Crippen LogP contribution is 2.19. The van der Waals surface area contributed by atoms with E-state index in [0.29, 0.717) is 36.7 Å². The molecule has 2 amide bonds. The first-order valence-corrected chi connectivity index (χ1v) is 13.6. The molecule has 2 aromatic heterocycles. The Balaban J connectivity index is 1.54. The molecule has 0 aliphatic heterocycles. The number of carbonyl (C=O) groups excluding carboxylic acids is 2. The highest BCUT2D eigenvalue weighted by molar-refractivity contribution is 5.85. The number of carbonyl (C=O) groups is 2. The van der Waals surface area contributed by atoms with Crippen LogP contribution in [0.1, 0.15) is 59.4 Å². The van der Waals surface area contributed by atoms with E-state index < -0.39 is 17.7 Å². The maximum Gasteiger partial charge on any atom is 0.410 e. The second-order valence-corrected chi connectivity index (χ2v) is 10.3. The van der Waals surface area contributed by atoms with Crippen LogP contribution >= 0.6 is 0 Å². The second kappa shape index (κ2) is 14.6. The number of amides is 2. The van der Waals surface area contributed by atoms with Gasteiger partial charge in [-0.05, 0) is 58.7 Å². The van der Waals surface area contributed by atoms with E-state index in [4.69, 9.17) is 4.74 Å². The first-order chi connectivity index (χ1) is 19.6. The quantitative estimate of drug-likeness (QED) is 0.233. The summed E-state index contributed by atoms with van der Waals surface area (Å²) in [7, 11) is 1.55. The standard InChI is InChI=1S/C29H39N9O3/c1-7-15-30-25-22(12-9-8-10-16-31-26(39)21(2)37(6)28(40)41-29(3,4)5)20-32-27(36-25)35-23-13-11-14-24(19-23)38-33-17-18-34-38/h11,13-14,17-21H,7-8,10,15-16H2,1-6H3,(H,31,39)(H2,30,32,35,36)/t21-/m0/s1. The minimum absolute atomic E-state index is 0.250. The highest BCUT2D eigenvalue weighted by atomic mass is 16.6. The van der Waals surface area contributed by atoms with Crippen molar-refractivity contribution in [2.45, 2.75) is 65.5 Å². The van der Waals surface area contributed by atoms with Gasteiger partial charge in [-0.1, -0.05) is 24.8 Å². The van der Waals surface area contributed by atoms with E-state index in [0.717, 1.165) is 24.3 Å². The van der Waals surface area contributed by atoms with Crippen LogP contribution in [0.2, 0.25) is 0 Å². The Morgan fingerprint density at radius 3 is 2.63 bits per heavy atom. The summed E-state index contributed by atoms with van der Waals surface area (Å²) in [4.78, 5) is 36.6. The van der Waals surface area contributed by atoms with Crippen LogP contribution in [0.5, 0.6) is 0 Å². The largest absolute Gasteiger partial charge is 0.444 e. The number of ether oxygens (including phenoxy) is 1. The van der Waals surface area contributed by atoms with Crippen molar-refractivity contribution < 1.29 is 14.3 Å². The predicted molar refractivity (Wildman–Crippen MR) is 158 cm³/mol. The number of aromatic nitrogens is 5. The third-order valence-corrected chi connectivity index (χ3v) is 5.73. The van der Waals surface area contributed by atoms with Crippen LogP contribution in [-0.2, 0) is 9.53 Å². The third-order valence-electron chi connectivity index (χ3n) is 5.73. The van der Waals surface area contributed by atoms with Crippen molar-refractivity contribution in [1.29, 1.82) is 0 Å². The van der Waals surface area contributed by atoms with Crippen LogP contribution in [0.3, 0.4) is 0 Å². The van der Waals surface area contributed by atoms with Crippen LogP contribution in [0.25, 0.3) is 5.69 Å². The number of unbranched alkanes of at least 4 members (excludes halogenated alkanes) is 1. The van der Waals surface area contributed by atoms with Gasteiger partial charge in [-0.15, -0.1) is 0 Å². The molecule has 0 radical (unpaired) electrons. The zero-order chi connectivity index (χ0) is 29.8. The minimum Gasteiger partial charge on any atom is -0.444 e. The van der Waals surface area contributed by atoms with Gasteiger partial charge < -0.3 is 20.7 Å². The van der Waals surface area contributed by atoms with E-state index in [1.165, 1.54) is 9.70 Å². The molecule has 3 aromatic rings. The number of hydrogen-bond donors (Lipinski definition) is 3. The van der Waals surface area contributed by atoms with Crippen molar-refractivity contribution >= 4 is 29.5 Å². The Morgan fingerprint density at radius 1 is 1.17 bits per heavy atom. The number of benzene rings is 1. The number of nitrogens with one attached hydrogen (secondary N) is 3. The molecule has 0 bridgehead atoms. The lowest BCUT2D eigenvalue weighted by Crippen LogP contribution is -2.47. The molecule has 3 rings (SSSR count). The van der Waals surface area contributed by atoms with E-state index >= 15 is 0 Å². The van der Waals surface area contributed by atoms with Crippen LogP contribution in [-0.4, -0.2) is 73.6 Å². The molecule has 1 aromatic carbocycles. The van der Waals surface area contributed by atoms with Gasteiger partial charge in [0.2, 0.25) is 11.9 Å². The molecular formula is C29H39N9O3. The lowest BCUT2D eigenvalue weighted by atomic mass is 10.2. The summed E-state index contributed by atoms with van der Waals surface area (Å²) in [6, 6.07) is 6.98. The van der Waals surface area contributed by atoms with Crippen LogP contribution in [0.15, 0.2) is 42.9 Å². The fraction of sp³-hybridized carbons (Fsp3) is 0.448. The zero-order valence-electron chi connectivity index (χ0n) is 24.6. The smallest absolute Gasteiger partial charge is 0.410 e. The molecule has 0 aliphatic carbocycles. The summed E-state index contributed by atoms with van der Waals surface area (Å²) in [5.74, 6) is 7.11. The summed E-state index contributed by atoms with van der Waals surface area (Å²) in [5.41, 5.74) is 1.68. The zero-order valence-corrected chi connectivity index (χ0v) is 24.6. The van der Waals surface area contributed by atoms with Crippen molar-refractivity contribution in [2.24, 2.45) is 0 Å². The third kappa shape index (κ3) is 9.79. The summed E-state index contributed by atoms with van der Waals surface area (Å²) < 4.78 is 5.32. The van der Waals surface area contributed by atoms with Gasteiger partial charge in [0.25, 0.3) is 0 Å². The summed E-state index contributed by atoms with van der Waals surface area (Å²) in [6.45, 7) is 10.3. The van der Waals surface area contributed by atoms with E-state index in [2.05, 4.69) is 54.9 Å². The molecular weight excluding hydrogens is 522 g/mol. The molecule has 12 heteroatoms. The number of hydrogen-bond acceptors (Lipinski definition) is 9. The molecule has 0 unspecified atom stereocenters. The van der Waals surface area contributed by atoms with Crippen LogP contribution < -0.4 is 16.0 Å². The number of nitrogens with zero attached hydrogens (tertiary/aromatic N) is 6. The number of rotatable bonds is 11. The summed E-state index contributed by atoms with van der Waals surface area (Å²) >= 11 is 0. The molecule has 1 atom stereocenters. The molecule has 3 N–H and O–H groups in total. The van der Waals surface area contributed by atoms with Crippen molar-refractivity contribution in [1.82, 2.24) is 35.2 Å². The summed E-state index contributed by atoms with van der Waals surface area (Å²) in [6.07, 6.45) is 6.55. The van der Waals surface area contributed by atoms with E-state index in [1.54, 1.807) is 53.3 Å². The van der Waals surface area contributed by atoms with Crippen molar-refractivity contribution in [3.63, 3.8) is 0 Å². The predicted octanol–water partition coefficient (Wildman–Crippen LogP) is 4.13. The average Bonchev–Trinajstić information content (AvgIpc) is 3.48. The molecule has 2 heterocycles. The fourth-order valence-corrected chi connectivity index (χ4v) is 3.46. The Hall–Kier alpha value is -4.66. The monoisotopic (exact) mass is 561 g/mol. The van der Waals surface area contributed by atoms with Gasteiger partial charge in [0.15, 0.2) is 0 Å². The second-order valence-electron chi connectivity index (χ2n) is 10.3. The molecule has 0 fully saturated rings. The topological polar surface area (TPSA) is 139 Å². The van der Waals surface area contributed by atoms with Gasteiger partial charge in [0, 0.05) is 32.2 Å². The first kappa shape index (κ1) is 30.9. The highest BCUT2D eigenvalue weighted by Gasteiger charge is 2.26. The SMILES string of the molecule is CCCNc1nc(Nc2cccc(-n3nccn3)c2)ncc1C#CCCCNC(=O)[C@H](C)N(C)C(=O)OC(C)(C)C. The number of anilines is 3. The van der Waals surface area contributed by atoms with E-state index in [1.807, 2.05) is 24.3 Å². The van der Waals surface area contributed by atoms with E-state index in [9.17, 15) is 9.59 Å². The van der Waals surface area contributed by atoms with Gasteiger partial charge in [-0.25, -0.2) is 9.78 Å². The van der Waals surface area contributed by atoms with Crippen molar-refractivity contribution in [3.8, 4) is 17.5 Å². The fourth-order valence-electron chi connectivity index (χ4n) is 3.46. The van der Waals surface area contributed by atoms with Gasteiger partial charge in [-0.2, -0.15) is 20.0 Å².